The second kappa shape index (κ2) is 8.67. The van der Waals surface area contributed by atoms with Crippen LogP contribution in [0.5, 0.6) is 0 Å². The molecule has 25 heavy (non-hydrogen) atoms. The van der Waals surface area contributed by atoms with E-state index in [1.807, 2.05) is 51.0 Å². The van der Waals surface area contributed by atoms with Crippen LogP contribution in [0.1, 0.15) is 35.6 Å². The van der Waals surface area contributed by atoms with E-state index in [2.05, 4.69) is 15.6 Å². The lowest BCUT2D eigenvalue weighted by molar-refractivity contribution is 0.392. The van der Waals surface area contributed by atoms with Crippen molar-refractivity contribution >= 4 is 5.96 Å². The summed E-state index contributed by atoms with van der Waals surface area (Å²) in [4.78, 5) is 6.18. The zero-order valence-corrected chi connectivity index (χ0v) is 15.6. The van der Waals surface area contributed by atoms with Gasteiger partial charge in [0.1, 0.15) is 17.3 Å². The smallest absolute Gasteiger partial charge is 0.191 e. The molecule has 136 valence electrons. The lowest BCUT2D eigenvalue weighted by Gasteiger charge is -2.17. The fourth-order valence-electron chi connectivity index (χ4n) is 2.54. The van der Waals surface area contributed by atoms with Crippen LogP contribution in [0.25, 0.3) is 0 Å². The second-order valence-electron chi connectivity index (χ2n) is 6.40. The van der Waals surface area contributed by atoms with Crippen LogP contribution in [0.4, 0.5) is 4.39 Å². The molecule has 0 aliphatic carbocycles. The van der Waals surface area contributed by atoms with Gasteiger partial charge in [0.25, 0.3) is 0 Å². The number of hydrogen-bond acceptors (Lipinski definition) is 3. The molecule has 1 aromatic carbocycles. The van der Waals surface area contributed by atoms with Gasteiger partial charge < -0.3 is 20.0 Å². The number of aryl methyl sites for hydroxylation is 1. The summed E-state index contributed by atoms with van der Waals surface area (Å²) in [5.41, 5.74) is 1.69. The highest BCUT2D eigenvalue weighted by molar-refractivity contribution is 5.80. The molecule has 0 aliphatic rings. The Morgan fingerprint density at radius 2 is 2.04 bits per heavy atom. The SMILES string of the molecule is CN=C(NCc1ccc(F)c(CN(C)C)c1)NC(C)c1ccc(C)o1. The number of rotatable bonds is 6. The van der Waals surface area contributed by atoms with Gasteiger partial charge in [-0.3, -0.25) is 4.99 Å². The molecule has 1 atom stereocenters. The van der Waals surface area contributed by atoms with Crippen molar-refractivity contribution in [1.29, 1.82) is 0 Å². The van der Waals surface area contributed by atoms with Gasteiger partial charge in [-0.15, -0.1) is 0 Å². The van der Waals surface area contributed by atoms with Crippen LogP contribution in [-0.4, -0.2) is 32.0 Å². The highest BCUT2D eigenvalue weighted by Crippen LogP contribution is 2.15. The van der Waals surface area contributed by atoms with Crippen molar-refractivity contribution in [2.75, 3.05) is 21.1 Å². The van der Waals surface area contributed by atoms with E-state index in [0.717, 1.165) is 17.1 Å². The summed E-state index contributed by atoms with van der Waals surface area (Å²) in [6, 6.07) is 9.07. The standard InChI is InChI=1S/C19H27FN4O/c1-13-6-9-18(25-13)14(2)23-19(21-3)22-11-15-7-8-17(20)16(10-15)12-24(4)5/h6-10,14H,11-12H2,1-5H3,(H2,21,22,23). The first-order valence-corrected chi connectivity index (χ1v) is 8.34. The summed E-state index contributed by atoms with van der Waals surface area (Å²) < 4.78 is 19.5. The minimum atomic E-state index is -0.179. The fourth-order valence-corrected chi connectivity index (χ4v) is 2.54. The van der Waals surface area contributed by atoms with Crippen LogP contribution in [-0.2, 0) is 13.1 Å². The first-order valence-electron chi connectivity index (χ1n) is 8.34. The van der Waals surface area contributed by atoms with Gasteiger partial charge in [-0.1, -0.05) is 6.07 Å². The molecular weight excluding hydrogens is 319 g/mol. The van der Waals surface area contributed by atoms with Crippen molar-refractivity contribution in [3.63, 3.8) is 0 Å². The molecule has 1 unspecified atom stereocenters. The Morgan fingerprint density at radius 1 is 1.28 bits per heavy atom. The van der Waals surface area contributed by atoms with E-state index in [1.54, 1.807) is 13.1 Å². The molecule has 1 heterocycles. The monoisotopic (exact) mass is 346 g/mol. The van der Waals surface area contributed by atoms with Crippen LogP contribution in [0.2, 0.25) is 0 Å². The van der Waals surface area contributed by atoms with Crippen molar-refractivity contribution in [3.8, 4) is 0 Å². The minimum absolute atomic E-state index is 0.00239. The van der Waals surface area contributed by atoms with Crippen LogP contribution in [0.3, 0.4) is 0 Å². The Balaban J connectivity index is 1.96. The predicted octanol–water partition coefficient (Wildman–Crippen LogP) is 3.21. The van der Waals surface area contributed by atoms with Gasteiger partial charge >= 0.3 is 0 Å². The largest absolute Gasteiger partial charge is 0.464 e. The molecule has 2 N–H and O–H groups in total. The minimum Gasteiger partial charge on any atom is -0.464 e. The Labute approximate surface area is 148 Å². The van der Waals surface area contributed by atoms with Crippen LogP contribution in [0, 0.1) is 12.7 Å². The van der Waals surface area contributed by atoms with Gasteiger partial charge in [-0.2, -0.15) is 0 Å². The van der Waals surface area contributed by atoms with E-state index in [0.29, 0.717) is 24.6 Å². The van der Waals surface area contributed by atoms with E-state index in [9.17, 15) is 4.39 Å². The average molecular weight is 346 g/mol. The lowest BCUT2D eigenvalue weighted by Crippen LogP contribution is -2.38. The Morgan fingerprint density at radius 3 is 2.64 bits per heavy atom. The number of nitrogens with one attached hydrogen (secondary N) is 2. The highest BCUT2D eigenvalue weighted by atomic mass is 19.1. The summed E-state index contributed by atoms with van der Waals surface area (Å²) in [6.45, 7) is 5.06. The molecule has 5 nitrogen and oxygen atoms in total. The molecule has 0 aliphatic heterocycles. The maximum atomic E-state index is 13.9. The molecule has 0 bridgehead atoms. The summed E-state index contributed by atoms with van der Waals surface area (Å²) in [7, 11) is 5.57. The number of guanidine groups is 1. The normalized spacial score (nSPS) is 13.2. The first kappa shape index (κ1) is 19.0. The number of halogens is 1. The molecule has 2 rings (SSSR count). The van der Waals surface area contributed by atoms with Crippen molar-refractivity contribution in [2.24, 2.45) is 4.99 Å². The van der Waals surface area contributed by atoms with Gasteiger partial charge in [-0.25, -0.2) is 4.39 Å². The predicted molar refractivity (Wildman–Crippen MR) is 99.0 cm³/mol. The van der Waals surface area contributed by atoms with E-state index in [4.69, 9.17) is 4.42 Å². The molecule has 0 radical (unpaired) electrons. The molecular formula is C19H27FN4O. The van der Waals surface area contributed by atoms with Gasteiger partial charge in [-0.05, 0) is 57.8 Å². The van der Waals surface area contributed by atoms with Crippen molar-refractivity contribution in [2.45, 2.75) is 33.0 Å². The quantitative estimate of drug-likeness (QED) is 0.623. The summed E-state index contributed by atoms with van der Waals surface area (Å²) in [5.74, 6) is 2.23. The molecule has 2 aromatic rings. The zero-order valence-electron chi connectivity index (χ0n) is 15.6. The molecule has 0 amide bonds. The Kier molecular flexibility index (Phi) is 6.58. The number of nitrogens with zero attached hydrogens (tertiary/aromatic N) is 2. The third-order valence-electron chi connectivity index (χ3n) is 3.82. The summed E-state index contributed by atoms with van der Waals surface area (Å²) >= 11 is 0. The van der Waals surface area contributed by atoms with Crippen molar-refractivity contribution < 1.29 is 8.81 Å². The molecule has 0 saturated heterocycles. The number of furan rings is 1. The molecule has 1 aromatic heterocycles. The maximum absolute atomic E-state index is 13.9. The number of aliphatic imine (C=N–C) groups is 1. The summed E-state index contributed by atoms with van der Waals surface area (Å²) in [5, 5.41) is 6.54. The molecule has 0 fully saturated rings. The maximum Gasteiger partial charge on any atom is 0.191 e. The van der Waals surface area contributed by atoms with E-state index < -0.39 is 0 Å². The second-order valence-corrected chi connectivity index (χ2v) is 6.40. The molecule has 6 heteroatoms. The average Bonchev–Trinajstić information content (AvgIpc) is 3.00. The molecule has 0 saturated carbocycles. The zero-order chi connectivity index (χ0) is 18.4. The van der Waals surface area contributed by atoms with Crippen LogP contribution >= 0.6 is 0 Å². The van der Waals surface area contributed by atoms with E-state index in [-0.39, 0.29) is 11.9 Å². The first-order chi connectivity index (χ1) is 11.9. The topological polar surface area (TPSA) is 52.8 Å². The van der Waals surface area contributed by atoms with Crippen molar-refractivity contribution in [3.05, 3.63) is 58.8 Å². The van der Waals surface area contributed by atoms with Gasteiger partial charge in [0.15, 0.2) is 5.96 Å². The Bertz CT molecular complexity index is 724. The van der Waals surface area contributed by atoms with Crippen LogP contribution in [0.15, 0.2) is 39.7 Å². The third-order valence-corrected chi connectivity index (χ3v) is 3.82. The molecule has 0 spiro atoms. The fraction of sp³-hybridized carbons (Fsp3) is 0.421. The summed E-state index contributed by atoms with van der Waals surface area (Å²) in [6.07, 6.45) is 0. The van der Waals surface area contributed by atoms with Crippen LogP contribution < -0.4 is 10.6 Å². The van der Waals surface area contributed by atoms with E-state index >= 15 is 0 Å². The van der Waals surface area contributed by atoms with Gasteiger partial charge in [0.05, 0.1) is 6.04 Å². The number of hydrogen-bond donors (Lipinski definition) is 2. The van der Waals surface area contributed by atoms with Gasteiger partial charge in [0.2, 0.25) is 0 Å². The Hall–Kier alpha value is -2.34. The third kappa shape index (κ3) is 5.60. The van der Waals surface area contributed by atoms with Crippen molar-refractivity contribution in [1.82, 2.24) is 15.5 Å². The van der Waals surface area contributed by atoms with Gasteiger partial charge in [0, 0.05) is 25.7 Å². The highest BCUT2D eigenvalue weighted by Gasteiger charge is 2.11. The number of benzene rings is 1. The van der Waals surface area contributed by atoms with E-state index in [1.165, 1.54) is 6.07 Å². The lowest BCUT2D eigenvalue weighted by atomic mass is 10.1.